The van der Waals surface area contributed by atoms with Gasteiger partial charge in [-0.2, -0.15) is 0 Å². The maximum Gasteiger partial charge on any atom is 0.311 e. The van der Waals surface area contributed by atoms with Crippen molar-refractivity contribution in [1.29, 1.82) is 0 Å². The molecule has 1 aliphatic heterocycles. The standard InChI is InChI=1S/C25H26N2O3/c1-2-3-16-4-7-18(8-5-16)23-22-11-9-19-12-17(6-10-21(19)24(22)30-27-23)15-29-25(28)20-13-26-14-20/h4-8,10,12,20,26H,2-3,9,11,13-15H2,1H3. The lowest BCUT2D eigenvalue weighted by atomic mass is 9.87. The maximum atomic E-state index is 12.0. The van der Waals surface area contributed by atoms with Crippen LogP contribution in [0, 0.1) is 5.92 Å². The molecule has 0 radical (unpaired) electrons. The lowest BCUT2D eigenvalue weighted by Crippen LogP contribution is -2.47. The Kier molecular flexibility index (Phi) is 5.13. The molecule has 1 saturated heterocycles. The zero-order valence-electron chi connectivity index (χ0n) is 17.2. The van der Waals surface area contributed by atoms with Crippen LogP contribution in [0.15, 0.2) is 47.0 Å². The second-order valence-electron chi connectivity index (χ2n) is 8.24. The summed E-state index contributed by atoms with van der Waals surface area (Å²) in [4.78, 5) is 12.0. The molecule has 5 heteroatoms. The van der Waals surface area contributed by atoms with Crippen molar-refractivity contribution in [3.05, 3.63) is 64.7 Å². The molecule has 1 fully saturated rings. The number of ether oxygens (including phenoxy) is 1. The molecule has 5 rings (SSSR count). The van der Waals surface area contributed by atoms with Gasteiger partial charge in [0.05, 0.1) is 5.92 Å². The van der Waals surface area contributed by atoms with Crippen LogP contribution in [-0.2, 0) is 35.4 Å². The Morgan fingerprint density at radius 3 is 2.67 bits per heavy atom. The van der Waals surface area contributed by atoms with E-state index in [9.17, 15) is 4.79 Å². The van der Waals surface area contributed by atoms with Crippen molar-refractivity contribution < 1.29 is 14.1 Å². The molecule has 2 aliphatic rings. The first-order valence-electron chi connectivity index (χ1n) is 10.8. The topological polar surface area (TPSA) is 64.4 Å². The van der Waals surface area contributed by atoms with Crippen LogP contribution in [0.2, 0.25) is 0 Å². The van der Waals surface area contributed by atoms with E-state index in [1.165, 1.54) is 16.7 Å². The van der Waals surface area contributed by atoms with Crippen LogP contribution in [0.3, 0.4) is 0 Å². The van der Waals surface area contributed by atoms with E-state index < -0.39 is 0 Å². The summed E-state index contributed by atoms with van der Waals surface area (Å²) in [5.41, 5.74) is 7.93. The number of nitrogens with zero attached hydrogens (tertiary/aromatic N) is 1. The van der Waals surface area contributed by atoms with E-state index in [4.69, 9.17) is 9.26 Å². The molecule has 2 heterocycles. The van der Waals surface area contributed by atoms with Crippen LogP contribution in [0.1, 0.15) is 35.6 Å². The van der Waals surface area contributed by atoms with E-state index in [0.717, 1.165) is 66.9 Å². The Balaban J connectivity index is 1.35. The molecule has 0 unspecified atom stereocenters. The number of carbonyl (C=O) groups excluding carboxylic acids is 1. The fraction of sp³-hybridized carbons (Fsp3) is 0.360. The summed E-state index contributed by atoms with van der Waals surface area (Å²) in [6, 6.07) is 14.9. The van der Waals surface area contributed by atoms with Crippen LogP contribution in [0.25, 0.3) is 22.6 Å². The molecule has 30 heavy (non-hydrogen) atoms. The van der Waals surface area contributed by atoms with Gasteiger partial charge in [0, 0.05) is 29.8 Å². The predicted octanol–water partition coefficient (Wildman–Crippen LogP) is 4.32. The normalized spacial score (nSPS) is 15.2. The summed E-state index contributed by atoms with van der Waals surface area (Å²) in [5.74, 6) is 0.764. The van der Waals surface area contributed by atoms with E-state index in [2.05, 4.69) is 53.8 Å². The lowest BCUT2D eigenvalue weighted by Gasteiger charge is -2.25. The minimum absolute atomic E-state index is 0.00818. The smallest absolute Gasteiger partial charge is 0.311 e. The largest absolute Gasteiger partial charge is 0.461 e. The molecule has 1 N–H and O–H groups in total. The third-order valence-corrected chi connectivity index (χ3v) is 6.11. The SMILES string of the molecule is CCCc1ccc(-c2noc3c2CCc2cc(COC(=O)C4CNC4)ccc2-3)cc1. The predicted molar refractivity (Wildman–Crippen MR) is 115 cm³/mol. The molecule has 0 bridgehead atoms. The van der Waals surface area contributed by atoms with Crippen LogP contribution in [-0.4, -0.2) is 24.2 Å². The number of nitrogens with one attached hydrogen (secondary N) is 1. The monoisotopic (exact) mass is 402 g/mol. The third kappa shape index (κ3) is 3.54. The summed E-state index contributed by atoms with van der Waals surface area (Å²) in [6.07, 6.45) is 4.07. The van der Waals surface area contributed by atoms with E-state index in [-0.39, 0.29) is 11.9 Å². The molecule has 1 aliphatic carbocycles. The van der Waals surface area contributed by atoms with Gasteiger partial charge in [0.15, 0.2) is 5.76 Å². The Morgan fingerprint density at radius 1 is 1.13 bits per heavy atom. The number of aryl methyl sites for hydroxylation is 2. The molecule has 5 nitrogen and oxygen atoms in total. The number of carbonyl (C=O) groups is 1. The average Bonchev–Trinajstić information content (AvgIpc) is 3.16. The molecule has 2 aromatic carbocycles. The summed E-state index contributed by atoms with van der Waals surface area (Å²) in [6.45, 7) is 3.96. The van der Waals surface area contributed by atoms with Gasteiger partial charge >= 0.3 is 5.97 Å². The average molecular weight is 402 g/mol. The molecule has 3 aromatic rings. The minimum Gasteiger partial charge on any atom is -0.461 e. The molecule has 0 amide bonds. The first-order valence-corrected chi connectivity index (χ1v) is 10.8. The third-order valence-electron chi connectivity index (χ3n) is 6.11. The quantitative estimate of drug-likeness (QED) is 0.622. The maximum absolute atomic E-state index is 12.0. The molecule has 154 valence electrons. The first-order chi connectivity index (χ1) is 14.7. The molecular weight excluding hydrogens is 376 g/mol. The van der Waals surface area contributed by atoms with Crippen LogP contribution >= 0.6 is 0 Å². The van der Waals surface area contributed by atoms with Crippen molar-refractivity contribution in [2.45, 2.75) is 39.2 Å². The van der Waals surface area contributed by atoms with Gasteiger partial charge in [0.25, 0.3) is 0 Å². The van der Waals surface area contributed by atoms with Gasteiger partial charge in [-0.1, -0.05) is 61.0 Å². The van der Waals surface area contributed by atoms with Crippen LogP contribution in [0.4, 0.5) is 0 Å². The van der Waals surface area contributed by atoms with Gasteiger partial charge in [-0.25, -0.2) is 0 Å². The molecule has 0 spiro atoms. The van der Waals surface area contributed by atoms with Crippen molar-refractivity contribution >= 4 is 5.97 Å². The Hall–Kier alpha value is -2.92. The number of esters is 1. The van der Waals surface area contributed by atoms with Gasteiger partial charge in [-0.05, 0) is 36.0 Å². The second kappa shape index (κ2) is 8.07. The number of aromatic nitrogens is 1. The Labute approximate surface area is 176 Å². The zero-order valence-corrected chi connectivity index (χ0v) is 17.2. The summed E-state index contributed by atoms with van der Waals surface area (Å²) < 4.78 is 11.3. The molecule has 0 atom stereocenters. The highest BCUT2D eigenvalue weighted by molar-refractivity contribution is 5.77. The van der Waals surface area contributed by atoms with Gasteiger partial charge in [-0.15, -0.1) is 0 Å². The number of benzene rings is 2. The lowest BCUT2D eigenvalue weighted by molar-refractivity contribution is -0.151. The summed E-state index contributed by atoms with van der Waals surface area (Å²) >= 11 is 0. The first kappa shape index (κ1) is 19.1. The number of fused-ring (bicyclic) bond motifs is 3. The van der Waals surface area contributed by atoms with E-state index >= 15 is 0 Å². The van der Waals surface area contributed by atoms with E-state index in [1.54, 1.807) is 0 Å². The van der Waals surface area contributed by atoms with Crippen molar-refractivity contribution in [1.82, 2.24) is 10.5 Å². The van der Waals surface area contributed by atoms with Crippen molar-refractivity contribution in [3.8, 4) is 22.6 Å². The highest BCUT2D eigenvalue weighted by atomic mass is 16.5. The summed E-state index contributed by atoms with van der Waals surface area (Å²) in [5, 5.41) is 7.50. The van der Waals surface area contributed by atoms with Gasteiger partial charge in [0.2, 0.25) is 0 Å². The fourth-order valence-electron chi connectivity index (χ4n) is 4.25. The van der Waals surface area contributed by atoms with E-state index in [0.29, 0.717) is 6.61 Å². The number of hydrogen-bond donors (Lipinski definition) is 1. The van der Waals surface area contributed by atoms with Gasteiger partial charge in [-0.3, -0.25) is 4.79 Å². The number of hydrogen-bond acceptors (Lipinski definition) is 5. The van der Waals surface area contributed by atoms with Gasteiger partial charge in [0.1, 0.15) is 12.3 Å². The zero-order chi connectivity index (χ0) is 20.5. The van der Waals surface area contributed by atoms with Crippen molar-refractivity contribution in [2.75, 3.05) is 13.1 Å². The van der Waals surface area contributed by atoms with Crippen molar-refractivity contribution in [3.63, 3.8) is 0 Å². The van der Waals surface area contributed by atoms with Crippen LogP contribution in [0.5, 0.6) is 0 Å². The molecule has 1 aromatic heterocycles. The Bertz CT molecular complexity index is 1060. The van der Waals surface area contributed by atoms with Gasteiger partial charge < -0.3 is 14.6 Å². The fourth-order valence-corrected chi connectivity index (χ4v) is 4.25. The highest BCUT2D eigenvalue weighted by Crippen LogP contribution is 2.39. The summed E-state index contributed by atoms with van der Waals surface area (Å²) in [7, 11) is 0. The highest BCUT2D eigenvalue weighted by Gasteiger charge is 2.27. The minimum atomic E-state index is -0.112. The molecular formula is C25H26N2O3. The molecule has 0 saturated carbocycles. The van der Waals surface area contributed by atoms with E-state index in [1.807, 2.05) is 6.07 Å². The van der Waals surface area contributed by atoms with Crippen LogP contribution < -0.4 is 5.32 Å². The van der Waals surface area contributed by atoms with Crippen molar-refractivity contribution in [2.24, 2.45) is 5.92 Å². The number of rotatable bonds is 6. The Morgan fingerprint density at radius 2 is 1.93 bits per heavy atom. The second-order valence-corrected chi connectivity index (χ2v) is 8.24.